The fourth-order valence-corrected chi connectivity index (χ4v) is 4.84. The summed E-state index contributed by atoms with van der Waals surface area (Å²) in [4.78, 5) is 20.2. The molecule has 0 radical (unpaired) electrons. The molecule has 20 heavy (non-hydrogen) atoms. The Hall–Kier alpha value is -0.301. The molecule has 0 saturated carbocycles. The minimum absolute atomic E-state index is 0.0709. The van der Waals surface area contributed by atoms with Crippen molar-refractivity contribution in [1.29, 1.82) is 0 Å². The summed E-state index contributed by atoms with van der Waals surface area (Å²) in [6, 6.07) is 0. The molecule has 2 unspecified atom stereocenters. The molecule has 2 atom stereocenters. The summed E-state index contributed by atoms with van der Waals surface area (Å²) in [7, 11) is 0. The van der Waals surface area contributed by atoms with Crippen molar-refractivity contribution in [3.8, 4) is 0 Å². The molecular formula is C14H26O5Sn. The van der Waals surface area contributed by atoms with E-state index < -0.39 is 23.5 Å². The Labute approximate surface area is 132 Å². The van der Waals surface area contributed by atoms with Gasteiger partial charge in [-0.15, -0.1) is 0 Å². The molecule has 0 bridgehead atoms. The number of carbonyl (C=O) groups excluding carboxylic acids is 2. The molecule has 0 rings (SSSR count). The standard InChI is InChI=1S/C6H10O5.2C4H9.Sn/c1-3(4(7)8)6(2,11)5(9)10;2*1-4(2)3;/h3,11H,1-2H3,(H,7,8)(H,9,10);2*4H,1H2,2-3H3;/q;;;+2/p-2. The van der Waals surface area contributed by atoms with Crippen molar-refractivity contribution in [3.63, 3.8) is 0 Å². The van der Waals surface area contributed by atoms with Crippen LogP contribution in [0.1, 0.15) is 41.5 Å². The van der Waals surface area contributed by atoms with Crippen LogP contribution in [0.15, 0.2) is 0 Å². The first-order valence-electron chi connectivity index (χ1n) is 6.78. The van der Waals surface area contributed by atoms with Crippen molar-refractivity contribution in [3.05, 3.63) is 0 Å². The van der Waals surface area contributed by atoms with Crippen LogP contribution >= 0.6 is 0 Å². The molecule has 6 heteroatoms. The molecule has 0 spiro atoms. The summed E-state index contributed by atoms with van der Waals surface area (Å²) in [5, 5.41) is 29.2. The molecule has 0 aromatic rings. The van der Waals surface area contributed by atoms with Crippen LogP contribution in [0.4, 0.5) is 0 Å². The molecule has 0 aliphatic rings. The minimum atomic E-state index is -2.38. The number of aliphatic hydroxyl groups is 1. The Morgan fingerprint density at radius 3 is 1.55 bits per heavy atom. The van der Waals surface area contributed by atoms with Gasteiger partial charge in [-0.25, -0.2) is 0 Å². The van der Waals surface area contributed by atoms with E-state index in [0.29, 0.717) is 0 Å². The van der Waals surface area contributed by atoms with Crippen LogP contribution in [0, 0.1) is 17.8 Å². The van der Waals surface area contributed by atoms with Gasteiger partial charge in [-0.1, -0.05) is 6.92 Å². The van der Waals surface area contributed by atoms with Crippen LogP contribution in [0.3, 0.4) is 0 Å². The normalized spacial score (nSPS) is 14.8. The summed E-state index contributed by atoms with van der Waals surface area (Å²) in [6.07, 6.45) is 0. The van der Waals surface area contributed by atoms with Crippen LogP contribution in [0.2, 0.25) is 8.87 Å². The first-order chi connectivity index (χ1) is 8.92. The summed E-state index contributed by atoms with van der Waals surface area (Å²) in [5.41, 5.74) is -2.38. The zero-order valence-electron chi connectivity index (χ0n) is 13.2. The summed E-state index contributed by atoms with van der Waals surface area (Å²) in [5.74, 6) is -3.01. The van der Waals surface area contributed by atoms with Gasteiger partial charge in [0.05, 0.1) is 5.97 Å². The second kappa shape index (κ2) is 10.4. The maximum absolute atomic E-state index is 10.1. The second-order valence-electron chi connectivity index (χ2n) is 5.92. The fourth-order valence-electron chi connectivity index (χ4n) is 1.07. The quantitative estimate of drug-likeness (QED) is 0.600. The first-order valence-corrected chi connectivity index (χ1v) is 10.8. The van der Waals surface area contributed by atoms with Crippen LogP contribution in [-0.2, 0) is 9.59 Å². The van der Waals surface area contributed by atoms with E-state index in [-0.39, 0.29) is 21.1 Å². The van der Waals surface area contributed by atoms with E-state index >= 15 is 0 Å². The predicted octanol–water partition coefficient (Wildman–Crippen LogP) is -0.287. The molecule has 0 aliphatic heterocycles. The molecule has 0 aromatic heterocycles. The van der Waals surface area contributed by atoms with Gasteiger partial charge in [0.25, 0.3) is 0 Å². The average molecular weight is 393 g/mol. The van der Waals surface area contributed by atoms with E-state index in [9.17, 15) is 19.8 Å². The van der Waals surface area contributed by atoms with Gasteiger partial charge in [0, 0.05) is 11.9 Å². The maximum atomic E-state index is 10.1. The average Bonchev–Trinajstić information content (AvgIpc) is 2.27. The van der Waals surface area contributed by atoms with Gasteiger partial charge in [0.1, 0.15) is 5.60 Å². The second-order valence-corrected chi connectivity index (χ2v) is 9.68. The number of carboxylic acids is 2. The Morgan fingerprint density at radius 1 is 1.05 bits per heavy atom. The fraction of sp³-hybridized carbons (Fsp3) is 0.857. The van der Waals surface area contributed by atoms with Crippen LogP contribution in [0.5, 0.6) is 0 Å². The molecule has 5 nitrogen and oxygen atoms in total. The van der Waals surface area contributed by atoms with Gasteiger partial charge >= 0.3 is 69.5 Å². The van der Waals surface area contributed by atoms with Crippen molar-refractivity contribution in [2.24, 2.45) is 17.8 Å². The van der Waals surface area contributed by atoms with Gasteiger partial charge in [-0.05, 0) is 6.92 Å². The van der Waals surface area contributed by atoms with E-state index in [1.807, 2.05) is 0 Å². The van der Waals surface area contributed by atoms with Crippen LogP contribution in [-0.4, -0.2) is 43.8 Å². The van der Waals surface area contributed by atoms with E-state index in [4.69, 9.17) is 5.11 Å². The number of hydrogen-bond donors (Lipinski definition) is 1. The van der Waals surface area contributed by atoms with Gasteiger partial charge in [-0.2, -0.15) is 0 Å². The van der Waals surface area contributed by atoms with E-state index in [1.165, 1.54) is 0 Å². The number of rotatable bonds is 7. The summed E-state index contributed by atoms with van der Waals surface area (Å²) < 4.78 is 3.14. The Morgan fingerprint density at radius 2 is 1.40 bits per heavy atom. The Balaban J connectivity index is 0. The SMILES string of the molecule is CC(C(=O)[O-])C(C)(O)C(=O)[O-].CC(C)[CH2][Sn+2][CH2]C(C)C. The first kappa shape index (κ1) is 22.0. The van der Waals surface area contributed by atoms with Crippen molar-refractivity contribution in [1.82, 2.24) is 0 Å². The van der Waals surface area contributed by atoms with Gasteiger partial charge in [0.2, 0.25) is 0 Å². The van der Waals surface area contributed by atoms with Crippen molar-refractivity contribution in [2.75, 3.05) is 0 Å². The van der Waals surface area contributed by atoms with E-state index in [1.54, 1.807) is 8.87 Å². The third kappa shape index (κ3) is 10.5. The number of carbonyl (C=O) groups is 2. The number of carboxylic acid groups (broad SMARTS) is 2. The van der Waals surface area contributed by atoms with E-state index in [0.717, 1.165) is 25.7 Å². The van der Waals surface area contributed by atoms with Crippen molar-refractivity contribution in [2.45, 2.75) is 56.0 Å². The zero-order valence-corrected chi connectivity index (χ0v) is 16.1. The Kier molecular flexibility index (Phi) is 11.5. The predicted molar refractivity (Wildman–Crippen MR) is 74.8 cm³/mol. The molecule has 0 aliphatic carbocycles. The molecule has 0 aromatic carbocycles. The summed E-state index contributed by atoms with van der Waals surface area (Å²) >= 11 is 0.0709. The molecular weight excluding hydrogens is 367 g/mol. The molecule has 1 N–H and O–H groups in total. The van der Waals surface area contributed by atoms with Crippen molar-refractivity contribution >= 4 is 33.1 Å². The number of hydrogen-bond acceptors (Lipinski definition) is 5. The number of aliphatic carboxylic acids is 2. The van der Waals surface area contributed by atoms with Crippen LogP contribution in [0.25, 0.3) is 0 Å². The monoisotopic (exact) mass is 394 g/mol. The zero-order chi connectivity index (χ0) is 16.5. The third-order valence-electron chi connectivity index (χ3n) is 2.72. The van der Waals surface area contributed by atoms with Crippen molar-refractivity contribution < 1.29 is 24.9 Å². The molecule has 0 saturated heterocycles. The third-order valence-corrected chi connectivity index (χ3v) is 9.02. The van der Waals surface area contributed by atoms with Gasteiger partial charge in [0.15, 0.2) is 0 Å². The molecule has 116 valence electrons. The molecule has 0 heterocycles. The topological polar surface area (TPSA) is 100 Å². The summed E-state index contributed by atoms with van der Waals surface area (Å²) in [6.45, 7) is 11.2. The van der Waals surface area contributed by atoms with E-state index in [2.05, 4.69) is 27.7 Å². The van der Waals surface area contributed by atoms with Gasteiger partial charge < -0.3 is 24.9 Å². The molecule has 0 amide bonds. The van der Waals surface area contributed by atoms with Crippen LogP contribution < -0.4 is 10.2 Å². The molecule has 0 fully saturated rings. The van der Waals surface area contributed by atoms with Gasteiger partial charge in [-0.3, -0.25) is 0 Å². The Bertz CT molecular complexity index is 292.